The molecule has 0 radical (unpaired) electrons. The SMILES string of the molecule is I.O=C(CN=C(NCCCOc1ccccc1)Nc1ccc2c(c1)OCCCO2)NC1CC1. The van der Waals surface area contributed by atoms with Crippen molar-refractivity contribution < 1.29 is 19.0 Å². The first-order chi connectivity index (χ1) is 15.8. The highest BCUT2D eigenvalue weighted by atomic mass is 127. The number of para-hydroxylation sites is 1. The quantitative estimate of drug-likeness (QED) is 0.186. The summed E-state index contributed by atoms with van der Waals surface area (Å²) in [6.07, 6.45) is 3.74. The van der Waals surface area contributed by atoms with E-state index in [0.29, 0.717) is 44.1 Å². The van der Waals surface area contributed by atoms with E-state index in [0.717, 1.165) is 42.9 Å². The second kappa shape index (κ2) is 13.1. The Labute approximate surface area is 211 Å². The molecule has 4 rings (SSSR count). The van der Waals surface area contributed by atoms with E-state index in [4.69, 9.17) is 14.2 Å². The fraction of sp³-hybridized carbons (Fsp3) is 0.417. The lowest BCUT2D eigenvalue weighted by Gasteiger charge is -2.15. The second-order valence-electron chi connectivity index (χ2n) is 7.79. The molecule has 0 unspecified atom stereocenters. The standard InChI is InChI=1S/C24H30N4O4.HI/c29-23(27-18-8-9-18)17-26-24(25-12-4-13-30-20-6-2-1-3-7-20)28-19-10-11-21-22(16-19)32-15-5-14-31-21;/h1-3,6-7,10-11,16,18H,4-5,8-9,12-15,17H2,(H,27,29)(H2,25,26,28);1H. The van der Waals surface area contributed by atoms with Gasteiger partial charge in [0.05, 0.1) is 19.8 Å². The lowest BCUT2D eigenvalue weighted by molar-refractivity contribution is -0.119. The van der Waals surface area contributed by atoms with Crippen molar-refractivity contribution in [3.63, 3.8) is 0 Å². The molecule has 0 aromatic heterocycles. The maximum absolute atomic E-state index is 12.1. The molecule has 1 saturated carbocycles. The highest BCUT2D eigenvalue weighted by molar-refractivity contribution is 14.0. The Kier molecular flexibility index (Phi) is 9.92. The summed E-state index contributed by atoms with van der Waals surface area (Å²) in [5, 5.41) is 9.50. The number of guanidine groups is 1. The smallest absolute Gasteiger partial charge is 0.242 e. The van der Waals surface area contributed by atoms with E-state index in [2.05, 4.69) is 20.9 Å². The van der Waals surface area contributed by atoms with E-state index in [1.165, 1.54) is 0 Å². The number of aliphatic imine (C=N–C) groups is 1. The molecule has 178 valence electrons. The predicted octanol–water partition coefficient (Wildman–Crippen LogP) is 3.57. The summed E-state index contributed by atoms with van der Waals surface area (Å²) in [5.41, 5.74) is 0.809. The topological polar surface area (TPSA) is 93.2 Å². The fourth-order valence-corrected chi connectivity index (χ4v) is 3.15. The van der Waals surface area contributed by atoms with Crippen LogP contribution in [-0.4, -0.2) is 50.8 Å². The number of ether oxygens (including phenoxy) is 3. The fourth-order valence-electron chi connectivity index (χ4n) is 3.15. The number of anilines is 1. The van der Waals surface area contributed by atoms with Crippen molar-refractivity contribution in [1.82, 2.24) is 10.6 Å². The zero-order valence-electron chi connectivity index (χ0n) is 18.5. The minimum absolute atomic E-state index is 0. The Balaban J connectivity index is 0.00000306. The van der Waals surface area contributed by atoms with Gasteiger partial charge in [-0.1, -0.05) is 18.2 Å². The number of fused-ring (bicyclic) bond motifs is 1. The largest absolute Gasteiger partial charge is 0.494 e. The van der Waals surface area contributed by atoms with Gasteiger partial charge in [-0.15, -0.1) is 24.0 Å². The molecule has 2 aromatic carbocycles. The Hall–Kier alpha value is -2.69. The Morgan fingerprint density at radius 2 is 1.85 bits per heavy atom. The van der Waals surface area contributed by atoms with Gasteiger partial charge in [-0.3, -0.25) is 4.79 Å². The first-order valence-corrected chi connectivity index (χ1v) is 11.2. The molecule has 9 heteroatoms. The molecule has 0 spiro atoms. The Morgan fingerprint density at radius 1 is 1.06 bits per heavy atom. The summed E-state index contributed by atoms with van der Waals surface area (Å²) in [4.78, 5) is 16.5. The molecule has 0 bridgehead atoms. The number of nitrogens with one attached hydrogen (secondary N) is 3. The molecule has 0 atom stereocenters. The molecule has 3 N–H and O–H groups in total. The molecular formula is C24H31IN4O4. The molecule has 2 aromatic rings. The van der Waals surface area contributed by atoms with Gasteiger partial charge in [-0.2, -0.15) is 0 Å². The molecule has 1 aliphatic carbocycles. The number of carbonyl (C=O) groups excluding carboxylic acids is 1. The van der Waals surface area contributed by atoms with Crippen molar-refractivity contribution in [2.45, 2.75) is 31.7 Å². The molecule has 0 saturated heterocycles. The van der Waals surface area contributed by atoms with E-state index < -0.39 is 0 Å². The first kappa shape index (κ1) is 24.9. The van der Waals surface area contributed by atoms with Gasteiger partial charge in [0.15, 0.2) is 17.5 Å². The maximum Gasteiger partial charge on any atom is 0.242 e. The van der Waals surface area contributed by atoms with Crippen LogP contribution in [0.25, 0.3) is 0 Å². The van der Waals surface area contributed by atoms with Gasteiger partial charge in [0.25, 0.3) is 0 Å². The van der Waals surface area contributed by atoms with Gasteiger partial charge in [0.2, 0.25) is 5.91 Å². The van der Waals surface area contributed by atoms with Crippen molar-refractivity contribution in [3.05, 3.63) is 48.5 Å². The van der Waals surface area contributed by atoms with E-state index in [1.54, 1.807) is 0 Å². The molecular weight excluding hydrogens is 535 g/mol. The average Bonchev–Trinajstić information content (AvgIpc) is 3.64. The van der Waals surface area contributed by atoms with Gasteiger partial charge in [0.1, 0.15) is 12.3 Å². The summed E-state index contributed by atoms with van der Waals surface area (Å²) in [7, 11) is 0. The third-order valence-corrected chi connectivity index (χ3v) is 4.96. The van der Waals surface area contributed by atoms with Crippen LogP contribution in [0.5, 0.6) is 17.2 Å². The molecule has 1 amide bonds. The van der Waals surface area contributed by atoms with Crippen LogP contribution in [0.2, 0.25) is 0 Å². The van der Waals surface area contributed by atoms with Crippen LogP contribution in [0.3, 0.4) is 0 Å². The molecule has 1 aliphatic heterocycles. The van der Waals surface area contributed by atoms with E-state index in [1.807, 2.05) is 48.5 Å². The number of hydrogen-bond donors (Lipinski definition) is 3. The number of rotatable bonds is 9. The highest BCUT2D eigenvalue weighted by Gasteiger charge is 2.22. The third-order valence-electron chi connectivity index (χ3n) is 4.96. The van der Waals surface area contributed by atoms with Crippen molar-refractivity contribution in [2.75, 3.05) is 38.2 Å². The minimum atomic E-state index is -0.0697. The number of hydrogen-bond acceptors (Lipinski definition) is 5. The maximum atomic E-state index is 12.1. The van der Waals surface area contributed by atoms with Gasteiger partial charge < -0.3 is 30.2 Å². The zero-order chi connectivity index (χ0) is 22.0. The van der Waals surface area contributed by atoms with Crippen LogP contribution >= 0.6 is 24.0 Å². The van der Waals surface area contributed by atoms with Gasteiger partial charge in [0, 0.05) is 30.8 Å². The summed E-state index contributed by atoms with van der Waals surface area (Å²) in [6, 6.07) is 15.7. The third kappa shape index (κ3) is 8.64. The summed E-state index contributed by atoms with van der Waals surface area (Å²) in [6.45, 7) is 2.56. The number of benzene rings is 2. The molecule has 33 heavy (non-hydrogen) atoms. The summed E-state index contributed by atoms with van der Waals surface area (Å²) in [5.74, 6) is 2.75. The first-order valence-electron chi connectivity index (χ1n) is 11.2. The summed E-state index contributed by atoms with van der Waals surface area (Å²) >= 11 is 0. The lowest BCUT2D eigenvalue weighted by Crippen LogP contribution is -2.34. The molecule has 1 heterocycles. The Bertz CT molecular complexity index is 922. The van der Waals surface area contributed by atoms with Crippen molar-refractivity contribution in [3.8, 4) is 17.2 Å². The number of amides is 1. The summed E-state index contributed by atoms with van der Waals surface area (Å²) < 4.78 is 17.2. The van der Waals surface area contributed by atoms with Crippen molar-refractivity contribution in [2.24, 2.45) is 4.99 Å². The predicted molar refractivity (Wildman–Crippen MR) is 139 cm³/mol. The van der Waals surface area contributed by atoms with Crippen LogP contribution in [0, 0.1) is 0 Å². The number of nitrogens with zero attached hydrogens (tertiary/aromatic N) is 1. The Morgan fingerprint density at radius 3 is 2.64 bits per heavy atom. The van der Waals surface area contributed by atoms with Gasteiger partial charge >= 0.3 is 0 Å². The molecule has 1 fully saturated rings. The van der Waals surface area contributed by atoms with Gasteiger partial charge in [-0.25, -0.2) is 4.99 Å². The normalized spacial score (nSPS) is 15.0. The zero-order valence-corrected chi connectivity index (χ0v) is 20.9. The number of carbonyl (C=O) groups is 1. The van der Waals surface area contributed by atoms with Crippen LogP contribution in [0.4, 0.5) is 5.69 Å². The second-order valence-corrected chi connectivity index (χ2v) is 7.79. The van der Waals surface area contributed by atoms with Crippen LogP contribution in [-0.2, 0) is 4.79 Å². The number of halogens is 1. The average molecular weight is 566 g/mol. The monoisotopic (exact) mass is 566 g/mol. The van der Waals surface area contributed by atoms with Crippen LogP contribution in [0.1, 0.15) is 25.7 Å². The minimum Gasteiger partial charge on any atom is -0.494 e. The van der Waals surface area contributed by atoms with Gasteiger partial charge in [-0.05, 0) is 43.5 Å². The highest BCUT2D eigenvalue weighted by Crippen LogP contribution is 2.32. The van der Waals surface area contributed by atoms with Crippen LogP contribution < -0.4 is 30.2 Å². The van der Waals surface area contributed by atoms with E-state index in [9.17, 15) is 4.79 Å². The van der Waals surface area contributed by atoms with Crippen molar-refractivity contribution in [1.29, 1.82) is 0 Å². The molecule has 8 nitrogen and oxygen atoms in total. The van der Waals surface area contributed by atoms with E-state index in [-0.39, 0.29) is 36.4 Å². The van der Waals surface area contributed by atoms with E-state index >= 15 is 0 Å². The lowest BCUT2D eigenvalue weighted by atomic mass is 10.2. The van der Waals surface area contributed by atoms with Crippen LogP contribution in [0.15, 0.2) is 53.5 Å². The molecule has 2 aliphatic rings. The van der Waals surface area contributed by atoms with Crippen molar-refractivity contribution >= 4 is 41.5 Å².